The predicted octanol–water partition coefficient (Wildman–Crippen LogP) is 2.54. The van der Waals surface area contributed by atoms with Crippen molar-refractivity contribution in [2.45, 2.75) is 6.42 Å². The minimum Gasteiger partial charge on any atom is -0.369 e. The van der Waals surface area contributed by atoms with Crippen molar-refractivity contribution in [1.29, 1.82) is 0 Å². The number of fused-ring (bicyclic) bond motifs is 1. The fourth-order valence-electron chi connectivity index (χ4n) is 1.89. The number of hydrogen-bond donors (Lipinski definition) is 1. The third kappa shape index (κ3) is 2.46. The van der Waals surface area contributed by atoms with E-state index in [4.69, 9.17) is 5.73 Å². The lowest BCUT2D eigenvalue weighted by Gasteiger charge is -2.05. The SMILES string of the molecule is NC(=O)CC=Cc1c(C=O)ccc2ccccc12. The van der Waals surface area contributed by atoms with Gasteiger partial charge in [0.15, 0.2) is 6.29 Å². The van der Waals surface area contributed by atoms with Crippen molar-refractivity contribution < 1.29 is 9.59 Å². The molecule has 0 saturated carbocycles. The Balaban J connectivity index is 2.54. The molecule has 90 valence electrons. The van der Waals surface area contributed by atoms with E-state index in [0.717, 1.165) is 22.6 Å². The monoisotopic (exact) mass is 239 g/mol. The lowest BCUT2D eigenvalue weighted by molar-refractivity contribution is -0.117. The van der Waals surface area contributed by atoms with Gasteiger partial charge in [0.1, 0.15) is 0 Å². The number of carbonyl (C=O) groups is 2. The molecule has 0 radical (unpaired) electrons. The van der Waals surface area contributed by atoms with Gasteiger partial charge in [-0.2, -0.15) is 0 Å². The third-order valence-electron chi connectivity index (χ3n) is 2.73. The fraction of sp³-hybridized carbons (Fsp3) is 0.0667. The topological polar surface area (TPSA) is 60.2 Å². The highest BCUT2D eigenvalue weighted by atomic mass is 16.1. The first-order valence-electron chi connectivity index (χ1n) is 5.64. The highest BCUT2D eigenvalue weighted by Gasteiger charge is 2.03. The van der Waals surface area contributed by atoms with Gasteiger partial charge in [-0.05, 0) is 16.3 Å². The minimum atomic E-state index is -0.390. The average molecular weight is 239 g/mol. The highest BCUT2D eigenvalue weighted by Crippen LogP contribution is 2.23. The first-order valence-corrected chi connectivity index (χ1v) is 5.64. The standard InChI is InChI=1S/C15H13NO2/c16-15(18)7-3-6-14-12(10-17)9-8-11-4-1-2-5-13(11)14/h1-6,8-10H,7H2,(H2,16,18). The van der Waals surface area contributed by atoms with Crippen LogP contribution in [0.5, 0.6) is 0 Å². The van der Waals surface area contributed by atoms with E-state index in [-0.39, 0.29) is 12.3 Å². The molecule has 0 aromatic heterocycles. The molecular formula is C15H13NO2. The molecule has 0 bridgehead atoms. The lowest BCUT2D eigenvalue weighted by Crippen LogP contribution is -2.07. The van der Waals surface area contributed by atoms with Gasteiger partial charge in [-0.15, -0.1) is 0 Å². The van der Waals surface area contributed by atoms with Crippen molar-refractivity contribution in [1.82, 2.24) is 0 Å². The second-order valence-electron chi connectivity index (χ2n) is 3.98. The highest BCUT2D eigenvalue weighted by molar-refractivity contribution is 5.98. The van der Waals surface area contributed by atoms with Crippen LogP contribution in [-0.2, 0) is 4.79 Å². The number of hydrogen-bond acceptors (Lipinski definition) is 2. The number of aldehydes is 1. The van der Waals surface area contributed by atoms with E-state index in [1.54, 1.807) is 18.2 Å². The van der Waals surface area contributed by atoms with Gasteiger partial charge in [-0.1, -0.05) is 48.6 Å². The maximum Gasteiger partial charge on any atom is 0.221 e. The molecule has 3 heteroatoms. The first kappa shape index (κ1) is 12.0. The number of rotatable bonds is 4. The second kappa shape index (κ2) is 5.27. The van der Waals surface area contributed by atoms with Crippen LogP contribution in [0.4, 0.5) is 0 Å². The molecule has 0 spiro atoms. The fourth-order valence-corrected chi connectivity index (χ4v) is 1.89. The number of amides is 1. The van der Waals surface area contributed by atoms with E-state index >= 15 is 0 Å². The number of primary amides is 1. The van der Waals surface area contributed by atoms with Crippen LogP contribution in [0.1, 0.15) is 22.3 Å². The van der Waals surface area contributed by atoms with Gasteiger partial charge >= 0.3 is 0 Å². The zero-order valence-electron chi connectivity index (χ0n) is 9.80. The summed E-state index contributed by atoms with van der Waals surface area (Å²) in [6.07, 6.45) is 4.44. The Morgan fingerprint density at radius 2 is 1.94 bits per heavy atom. The molecule has 3 nitrogen and oxygen atoms in total. The molecule has 2 aromatic carbocycles. The van der Waals surface area contributed by atoms with Crippen LogP contribution in [0.2, 0.25) is 0 Å². The maximum absolute atomic E-state index is 11.0. The molecule has 18 heavy (non-hydrogen) atoms. The van der Waals surface area contributed by atoms with Crippen LogP contribution >= 0.6 is 0 Å². The van der Waals surface area contributed by atoms with Crippen LogP contribution in [0.3, 0.4) is 0 Å². The Labute approximate surface area is 105 Å². The summed E-state index contributed by atoms with van der Waals surface area (Å²) < 4.78 is 0. The van der Waals surface area contributed by atoms with Gasteiger partial charge in [0.25, 0.3) is 0 Å². The summed E-state index contributed by atoms with van der Waals surface area (Å²) >= 11 is 0. The maximum atomic E-state index is 11.0. The third-order valence-corrected chi connectivity index (χ3v) is 2.73. The normalized spacial score (nSPS) is 10.9. The number of benzene rings is 2. The largest absolute Gasteiger partial charge is 0.369 e. The molecule has 2 rings (SSSR count). The summed E-state index contributed by atoms with van der Waals surface area (Å²) in [6.45, 7) is 0. The molecule has 0 unspecified atom stereocenters. The van der Waals surface area contributed by atoms with Gasteiger partial charge < -0.3 is 5.73 Å². The zero-order chi connectivity index (χ0) is 13.0. The molecule has 0 heterocycles. The number of carbonyl (C=O) groups excluding carboxylic acids is 2. The van der Waals surface area contributed by atoms with Crippen molar-refractivity contribution in [2.75, 3.05) is 0 Å². The summed E-state index contributed by atoms with van der Waals surface area (Å²) in [5, 5.41) is 2.05. The van der Waals surface area contributed by atoms with E-state index in [1.165, 1.54) is 0 Å². The van der Waals surface area contributed by atoms with Gasteiger partial charge in [0.2, 0.25) is 5.91 Å². The van der Waals surface area contributed by atoms with Crippen molar-refractivity contribution in [3.63, 3.8) is 0 Å². The van der Waals surface area contributed by atoms with Crippen molar-refractivity contribution in [3.8, 4) is 0 Å². The van der Waals surface area contributed by atoms with E-state index in [2.05, 4.69) is 0 Å². The van der Waals surface area contributed by atoms with Crippen molar-refractivity contribution in [3.05, 3.63) is 53.6 Å². The van der Waals surface area contributed by atoms with Gasteiger partial charge in [0, 0.05) is 12.0 Å². The molecule has 2 aromatic rings. The van der Waals surface area contributed by atoms with Crippen LogP contribution in [0.25, 0.3) is 16.8 Å². The summed E-state index contributed by atoms with van der Waals surface area (Å²) in [7, 11) is 0. The predicted molar refractivity (Wildman–Crippen MR) is 72.2 cm³/mol. The van der Waals surface area contributed by atoms with E-state index in [0.29, 0.717) is 5.56 Å². The van der Waals surface area contributed by atoms with Gasteiger partial charge in [-0.25, -0.2) is 0 Å². The molecule has 0 saturated heterocycles. The van der Waals surface area contributed by atoms with E-state index in [9.17, 15) is 9.59 Å². The Morgan fingerprint density at radius 3 is 2.67 bits per heavy atom. The average Bonchev–Trinajstić information content (AvgIpc) is 2.38. The molecule has 1 amide bonds. The Morgan fingerprint density at radius 1 is 1.17 bits per heavy atom. The van der Waals surface area contributed by atoms with Crippen molar-refractivity contribution in [2.24, 2.45) is 5.73 Å². The molecule has 0 aliphatic rings. The Kier molecular flexibility index (Phi) is 3.53. The van der Waals surface area contributed by atoms with Crippen LogP contribution in [-0.4, -0.2) is 12.2 Å². The van der Waals surface area contributed by atoms with Crippen molar-refractivity contribution >= 4 is 29.0 Å². The Bertz CT molecular complexity index is 629. The van der Waals surface area contributed by atoms with Gasteiger partial charge in [-0.3, -0.25) is 9.59 Å². The molecule has 0 fully saturated rings. The summed E-state index contributed by atoms with van der Waals surface area (Å²) in [5.74, 6) is -0.390. The molecular weight excluding hydrogens is 226 g/mol. The smallest absolute Gasteiger partial charge is 0.221 e. The first-order chi connectivity index (χ1) is 8.72. The molecule has 0 aliphatic heterocycles. The second-order valence-corrected chi connectivity index (χ2v) is 3.98. The lowest BCUT2D eigenvalue weighted by atomic mass is 9.99. The summed E-state index contributed by atoms with van der Waals surface area (Å²) in [5.41, 5.74) is 6.51. The molecule has 0 atom stereocenters. The van der Waals surface area contributed by atoms with E-state index in [1.807, 2.05) is 30.3 Å². The van der Waals surface area contributed by atoms with Crippen LogP contribution in [0.15, 0.2) is 42.5 Å². The zero-order valence-corrected chi connectivity index (χ0v) is 9.80. The van der Waals surface area contributed by atoms with Crippen LogP contribution in [0, 0.1) is 0 Å². The Hall–Kier alpha value is -2.42. The summed E-state index contributed by atoms with van der Waals surface area (Å²) in [4.78, 5) is 21.8. The number of nitrogens with two attached hydrogens (primary N) is 1. The van der Waals surface area contributed by atoms with Crippen LogP contribution < -0.4 is 5.73 Å². The molecule has 0 aliphatic carbocycles. The summed E-state index contributed by atoms with van der Waals surface area (Å²) in [6, 6.07) is 11.5. The van der Waals surface area contributed by atoms with E-state index < -0.39 is 0 Å². The minimum absolute atomic E-state index is 0.168. The quantitative estimate of drug-likeness (QED) is 0.833. The van der Waals surface area contributed by atoms with Gasteiger partial charge in [0.05, 0.1) is 0 Å². The molecule has 2 N–H and O–H groups in total.